The van der Waals surface area contributed by atoms with Crippen LogP contribution in [-0.4, -0.2) is 34.1 Å². The largest absolute Gasteiger partial charge is 0.383 e. The molecule has 2 aromatic rings. The molecular formula is C12H15N5O2. The summed E-state index contributed by atoms with van der Waals surface area (Å²) in [6.45, 7) is 3.14. The standard InChI is InChI=1S/C12H15N5O2/c1-2-14-10-7-13-5-3-9(10)12(18)15-6-4-11-16-8-19-17-11/h3,5,7-8,14H,2,4,6H2,1H3,(H,15,18). The van der Waals surface area contributed by atoms with Gasteiger partial charge in [-0.25, -0.2) is 0 Å². The smallest absolute Gasteiger partial charge is 0.253 e. The fourth-order valence-corrected chi connectivity index (χ4v) is 1.61. The van der Waals surface area contributed by atoms with Crippen molar-refractivity contribution in [3.8, 4) is 0 Å². The molecule has 2 aromatic heterocycles. The SMILES string of the molecule is CCNc1cnccc1C(=O)NCCc1ncon1. The summed E-state index contributed by atoms with van der Waals surface area (Å²) in [7, 11) is 0. The van der Waals surface area contributed by atoms with Crippen LogP contribution in [0.1, 0.15) is 23.1 Å². The van der Waals surface area contributed by atoms with Gasteiger partial charge in [0.25, 0.3) is 5.91 Å². The van der Waals surface area contributed by atoms with Crippen LogP contribution in [0, 0.1) is 0 Å². The number of carbonyl (C=O) groups excluding carboxylic acids is 1. The fraction of sp³-hybridized carbons (Fsp3) is 0.333. The molecule has 0 unspecified atom stereocenters. The summed E-state index contributed by atoms with van der Waals surface area (Å²) in [6, 6.07) is 1.68. The molecule has 0 aromatic carbocycles. The second-order valence-corrected chi connectivity index (χ2v) is 3.80. The van der Waals surface area contributed by atoms with E-state index in [1.54, 1.807) is 18.5 Å². The van der Waals surface area contributed by atoms with Crippen molar-refractivity contribution in [2.75, 3.05) is 18.4 Å². The number of aromatic nitrogens is 3. The van der Waals surface area contributed by atoms with Gasteiger partial charge in [0, 0.05) is 25.7 Å². The van der Waals surface area contributed by atoms with Crippen molar-refractivity contribution in [2.24, 2.45) is 0 Å². The zero-order valence-electron chi connectivity index (χ0n) is 10.6. The van der Waals surface area contributed by atoms with Crippen LogP contribution in [0.4, 0.5) is 5.69 Å². The van der Waals surface area contributed by atoms with E-state index in [0.29, 0.717) is 24.4 Å². The third-order valence-corrected chi connectivity index (χ3v) is 2.47. The minimum atomic E-state index is -0.151. The number of pyridine rings is 1. The first-order valence-electron chi connectivity index (χ1n) is 6.02. The Morgan fingerprint density at radius 3 is 3.11 bits per heavy atom. The molecule has 100 valence electrons. The Hall–Kier alpha value is -2.44. The Morgan fingerprint density at radius 2 is 2.37 bits per heavy atom. The van der Waals surface area contributed by atoms with Gasteiger partial charge in [0.15, 0.2) is 5.82 Å². The lowest BCUT2D eigenvalue weighted by Crippen LogP contribution is -2.26. The Labute approximate surface area is 110 Å². The van der Waals surface area contributed by atoms with Crippen LogP contribution in [0.2, 0.25) is 0 Å². The average Bonchev–Trinajstić information content (AvgIpc) is 2.93. The molecule has 0 aliphatic carbocycles. The number of hydrogen-bond donors (Lipinski definition) is 2. The lowest BCUT2D eigenvalue weighted by atomic mass is 10.2. The second kappa shape index (κ2) is 6.48. The van der Waals surface area contributed by atoms with Crippen LogP contribution >= 0.6 is 0 Å². The van der Waals surface area contributed by atoms with E-state index in [1.165, 1.54) is 6.39 Å². The summed E-state index contributed by atoms with van der Waals surface area (Å²) in [4.78, 5) is 19.9. The van der Waals surface area contributed by atoms with Gasteiger partial charge in [-0.2, -0.15) is 4.98 Å². The molecule has 0 aliphatic rings. The molecule has 0 radical (unpaired) electrons. The van der Waals surface area contributed by atoms with Crippen LogP contribution in [0.5, 0.6) is 0 Å². The van der Waals surface area contributed by atoms with E-state index in [0.717, 1.165) is 12.2 Å². The Bertz CT molecular complexity index is 527. The van der Waals surface area contributed by atoms with Crippen LogP contribution in [0.3, 0.4) is 0 Å². The van der Waals surface area contributed by atoms with Crippen LogP contribution in [0.15, 0.2) is 29.4 Å². The van der Waals surface area contributed by atoms with Crippen molar-refractivity contribution in [3.63, 3.8) is 0 Å². The number of amides is 1. The molecule has 2 heterocycles. The molecule has 2 rings (SSSR count). The normalized spacial score (nSPS) is 10.2. The van der Waals surface area contributed by atoms with Crippen molar-refractivity contribution in [2.45, 2.75) is 13.3 Å². The maximum absolute atomic E-state index is 12.0. The van der Waals surface area contributed by atoms with Crippen molar-refractivity contribution >= 4 is 11.6 Å². The number of rotatable bonds is 6. The van der Waals surface area contributed by atoms with Gasteiger partial charge < -0.3 is 15.2 Å². The number of anilines is 1. The first-order chi connectivity index (χ1) is 9.31. The van der Waals surface area contributed by atoms with Gasteiger partial charge in [0.1, 0.15) is 0 Å². The molecule has 7 heteroatoms. The maximum atomic E-state index is 12.0. The van der Waals surface area contributed by atoms with Gasteiger partial charge in [-0.15, -0.1) is 0 Å². The second-order valence-electron chi connectivity index (χ2n) is 3.80. The molecule has 1 amide bonds. The summed E-state index contributed by atoms with van der Waals surface area (Å²) in [6.07, 6.45) is 5.03. The monoisotopic (exact) mass is 261 g/mol. The Balaban J connectivity index is 1.92. The van der Waals surface area contributed by atoms with Crippen molar-refractivity contribution in [3.05, 3.63) is 36.2 Å². The van der Waals surface area contributed by atoms with E-state index in [4.69, 9.17) is 0 Å². The average molecular weight is 261 g/mol. The quantitative estimate of drug-likeness (QED) is 0.801. The first kappa shape index (κ1) is 13.0. The summed E-state index contributed by atoms with van der Waals surface area (Å²) >= 11 is 0. The lowest BCUT2D eigenvalue weighted by molar-refractivity contribution is 0.0954. The zero-order chi connectivity index (χ0) is 13.5. The van der Waals surface area contributed by atoms with Gasteiger partial charge in [-0.3, -0.25) is 9.78 Å². The molecule has 0 spiro atoms. The predicted molar refractivity (Wildman–Crippen MR) is 68.7 cm³/mol. The minimum Gasteiger partial charge on any atom is -0.383 e. The number of nitrogens with zero attached hydrogens (tertiary/aromatic N) is 3. The molecule has 2 N–H and O–H groups in total. The molecule has 0 saturated heterocycles. The molecule has 0 fully saturated rings. The number of nitrogens with one attached hydrogen (secondary N) is 2. The Kier molecular flexibility index (Phi) is 4.44. The van der Waals surface area contributed by atoms with E-state index in [2.05, 4.69) is 30.3 Å². The molecule has 0 bridgehead atoms. The van der Waals surface area contributed by atoms with E-state index in [1.807, 2.05) is 6.92 Å². The van der Waals surface area contributed by atoms with E-state index < -0.39 is 0 Å². The molecular weight excluding hydrogens is 246 g/mol. The third-order valence-electron chi connectivity index (χ3n) is 2.47. The molecule has 0 saturated carbocycles. The summed E-state index contributed by atoms with van der Waals surface area (Å²) in [5.74, 6) is 0.420. The van der Waals surface area contributed by atoms with Gasteiger partial charge >= 0.3 is 0 Å². The molecule has 0 atom stereocenters. The number of hydrogen-bond acceptors (Lipinski definition) is 6. The maximum Gasteiger partial charge on any atom is 0.253 e. The minimum absolute atomic E-state index is 0.151. The van der Waals surface area contributed by atoms with Crippen molar-refractivity contribution < 1.29 is 9.32 Å². The van der Waals surface area contributed by atoms with Gasteiger partial charge in [-0.1, -0.05) is 5.16 Å². The zero-order valence-corrected chi connectivity index (χ0v) is 10.6. The third kappa shape index (κ3) is 3.51. The van der Waals surface area contributed by atoms with Crippen molar-refractivity contribution in [1.29, 1.82) is 0 Å². The highest BCUT2D eigenvalue weighted by atomic mass is 16.5. The van der Waals surface area contributed by atoms with E-state index in [-0.39, 0.29) is 5.91 Å². The van der Waals surface area contributed by atoms with Crippen molar-refractivity contribution in [1.82, 2.24) is 20.4 Å². The molecule has 7 nitrogen and oxygen atoms in total. The fourth-order valence-electron chi connectivity index (χ4n) is 1.61. The Morgan fingerprint density at radius 1 is 1.47 bits per heavy atom. The summed E-state index contributed by atoms with van der Waals surface area (Å²) < 4.78 is 4.62. The van der Waals surface area contributed by atoms with Crippen LogP contribution < -0.4 is 10.6 Å². The topological polar surface area (TPSA) is 92.9 Å². The molecule has 19 heavy (non-hydrogen) atoms. The van der Waals surface area contributed by atoms with E-state index in [9.17, 15) is 4.79 Å². The van der Waals surface area contributed by atoms with E-state index >= 15 is 0 Å². The van der Waals surface area contributed by atoms with Crippen LogP contribution in [0.25, 0.3) is 0 Å². The van der Waals surface area contributed by atoms with Gasteiger partial charge in [0.05, 0.1) is 17.4 Å². The highest BCUT2D eigenvalue weighted by molar-refractivity contribution is 5.99. The first-order valence-corrected chi connectivity index (χ1v) is 6.02. The van der Waals surface area contributed by atoms with Gasteiger partial charge in [-0.05, 0) is 13.0 Å². The highest BCUT2D eigenvalue weighted by Crippen LogP contribution is 2.12. The highest BCUT2D eigenvalue weighted by Gasteiger charge is 2.10. The summed E-state index contributed by atoms with van der Waals surface area (Å²) in [5, 5.41) is 9.58. The number of carbonyl (C=O) groups is 1. The van der Waals surface area contributed by atoms with Crippen LogP contribution in [-0.2, 0) is 6.42 Å². The van der Waals surface area contributed by atoms with Gasteiger partial charge in [0.2, 0.25) is 6.39 Å². The predicted octanol–water partition coefficient (Wildman–Crippen LogP) is 0.869. The molecule has 0 aliphatic heterocycles. The summed E-state index contributed by atoms with van der Waals surface area (Å²) in [5.41, 5.74) is 1.30. The lowest BCUT2D eigenvalue weighted by Gasteiger charge is -2.09.